The number of hydrogen-bond donors (Lipinski definition) is 1. The fourth-order valence-electron chi connectivity index (χ4n) is 4.25. The van der Waals surface area contributed by atoms with Crippen LogP contribution in [-0.4, -0.2) is 30.3 Å². The van der Waals surface area contributed by atoms with E-state index in [0.717, 1.165) is 19.4 Å². The van der Waals surface area contributed by atoms with Crippen molar-refractivity contribution < 1.29 is 14.3 Å². The van der Waals surface area contributed by atoms with Gasteiger partial charge >= 0.3 is 6.03 Å². The van der Waals surface area contributed by atoms with Crippen molar-refractivity contribution in [3.05, 3.63) is 17.2 Å². The molecule has 130 valence electrons. The maximum atomic E-state index is 12.8. The molecule has 1 N–H and O–H groups in total. The minimum absolute atomic E-state index is 0.0520. The number of anilines is 1. The Hall–Kier alpha value is -1.62. The minimum atomic E-state index is -0.0520. The van der Waals surface area contributed by atoms with Gasteiger partial charge in [-0.05, 0) is 31.6 Å². The van der Waals surface area contributed by atoms with Crippen molar-refractivity contribution in [1.29, 1.82) is 0 Å². The standard InChI is InChI=1S/C18H23ClN2O3/c19-13-9-16-17(24-11-23-16)10-14(13)20-18(22)21-8-4-7-15(21)12-5-2-1-3-6-12/h9-10,12,15H,1-8,11H2,(H,20,22). The lowest BCUT2D eigenvalue weighted by Crippen LogP contribution is -2.43. The smallest absolute Gasteiger partial charge is 0.322 e. The molecule has 2 aliphatic heterocycles. The fraction of sp³-hybridized carbons (Fsp3) is 0.611. The second kappa shape index (κ2) is 6.71. The molecule has 3 aliphatic rings. The van der Waals surface area contributed by atoms with Crippen molar-refractivity contribution in [2.24, 2.45) is 5.92 Å². The van der Waals surface area contributed by atoms with Gasteiger partial charge in [0, 0.05) is 24.7 Å². The van der Waals surface area contributed by atoms with E-state index in [1.54, 1.807) is 12.1 Å². The third kappa shape index (κ3) is 3.02. The summed E-state index contributed by atoms with van der Waals surface area (Å²) < 4.78 is 10.7. The van der Waals surface area contributed by atoms with Crippen molar-refractivity contribution in [1.82, 2.24) is 4.90 Å². The van der Waals surface area contributed by atoms with Gasteiger partial charge in [0.2, 0.25) is 6.79 Å². The van der Waals surface area contributed by atoms with Gasteiger partial charge in [0.25, 0.3) is 0 Å². The molecule has 4 rings (SSSR count). The number of nitrogens with one attached hydrogen (secondary N) is 1. The van der Waals surface area contributed by atoms with E-state index in [1.807, 2.05) is 4.90 Å². The summed E-state index contributed by atoms with van der Waals surface area (Å²) in [7, 11) is 0. The number of likely N-dealkylation sites (tertiary alicyclic amines) is 1. The molecule has 1 aromatic rings. The average Bonchev–Trinajstić information content (AvgIpc) is 3.24. The number of carbonyl (C=O) groups excluding carboxylic acids is 1. The van der Waals surface area contributed by atoms with Crippen LogP contribution in [0.15, 0.2) is 12.1 Å². The van der Waals surface area contributed by atoms with Crippen LogP contribution in [0, 0.1) is 5.92 Å². The number of ether oxygens (including phenoxy) is 2. The molecule has 1 saturated carbocycles. The number of fused-ring (bicyclic) bond motifs is 1. The Bertz CT molecular complexity index is 631. The first-order chi connectivity index (χ1) is 11.7. The lowest BCUT2D eigenvalue weighted by Gasteiger charge is -2.34. The zero-order valence-corrected chi connectivity index (χ0v) is 14.5. The Balaban J connectivity index is 1.47. The summed E-state index contributed by atoms with van der Waals surface area (Å²) in [4.78, 5) is 14.8. The lowest BCUT2D eigenvalue weighted by atomic mass is 9.83. The maximum Gasteiger partial charge on any atom is 0.322 e. The summed E-state index contributed by atoms with van der Waals surface area (Å²) in [5, 5.41) is 3.44. The van der Waals surface area contributed by atoms with Crippen LogP contribution < -0.4 is 14.8 Å². The second-order valence-corrected chi connectivity index (χ2v) is 7.32. The van der Waals surface area contributed by atoms with E-state index in [1.165, 1.54) is 32.1 Å². The van der Waals surface area contributed by atoms with E-state index in [2.05, 4.69) is 5.32 Å². The van der Waals surface area contributed by atoms with Crippen molar-refractivity contribution in [2.45, 2.75) is 51.0 Å². The number of hydrogen-bond acceptors (Lipinski definition) is 3. The first-order valence-corrected chi connectivity index (χ1v) is 9.27. The van der Waals surface area contributed by atoms with E-state index in [0.29, 0.717) is 34.2 Å². The molecule has 0 bridgehead atoms. The number of benzene rings is 1. The van der Waals surface area contributed by atoms with Crippen LogP contribution in [0.2, 0.25) is 5.02 Å². The van der Waals surface area contributed by atoms with Crippen LogP contribution in [0.4, 0.5) is 10.5 Å². The summed E-state index contributed by atoms with van der Waals surface area (Å²) >= 11 is 6.27. The van der Waals surface area contributed by atoms with Crippen molar-refractivity contribution >= 4 is 23.3 Å². The molecule has 1 atom stereocenters. The molecule has 2 heterocycles. The molecule has 1 unspecified atom stereocenters. The molecular weight excluding hydrogens is 328 g/mol. The van der Waals surface area contributed by atoms with Gasteiger partial charge in [0.05, 0.1) is 10.7 Å². The summed E-state index contributed by atoms with van der Waals surface area (Å²) in [5.41, 5.74) is 0.584. The van der Waals surface area contributed by atoms with E-state index in [4.69, 9.17) is 21.1 Å². The highest BCUT2D eigenvalue weighted by Crippen LogP contribution is 2.40. The SMILES string of the molecule is O=C(Nc1cc2c(cc1Cl)OCO2)N1CCCC1C1CCCCC1. The Morgan fingerprint density at radius 2 is 1.83 bits per heavy atom. The van der Waals surface area contributed by atoms with Gasteiger partial charge in [-0.1, -0.05) is 30.9 Å². The van der Waals surface area contributed by atoms with Gasteiger partial charge < -0.3 is 19.7 Å². The van der Waals surface area contributed by atoms with Gasteiger partial charge in [-0.2, -0.15) is 0 Å². The van der Waals surface area contributed by atoms with E-state index in [9.17, 15) is 4.79 Å². The molecule has 1 saturated heterocycles. The van der Waals surface area contributed by atoms with Crippen molar-refractivity contribution in [3.63, 3.8) is 0 Å². The van der Waals surface area contributed by atoms with Gasteiger partial charge in [-0.15, -0.1) is 0 Å². The molecule has 0 spiro atoms. The van der Waals surface area contributed by atoms with Gasteiger partial charge in [0.1, 0.15) is 0 Å². The molecule has 2 amide bonds. The van der Waals surface area contributed by atoms with E-state index >= 15 is 0 Å². The first-order valence-electron chi connectivity index (χ1n) is 8.89. The van der Waals surface area contributed by atoms with Crippen LogP contribution >= 0.6 is 11.6 Å². The largest absolute Gasteiger partial charge is 0.454 e. The molecule has 0 radical (unpaired) electrons. The van der Waals surface area contributed by atoms with Crippen LogP contribution in [0.5, 0.6) is 11.5 Å². The molecule has 0 aromatic heterocycles. The lowest BCUT2D eigenvalue weighted by molar-refractivity contribution is 0.166. The Kier molecular flexibility index (Phi) is 4.44. The molecule has 6 heteroatoms. The summed E-state index contributed by atoms with van der Waals surface area (Å²) in [6, 6.07) is 3.76. The molecule has 5 nitrogen and oxygen atoms in total. The number of rotatable bonds is 2. The Morgan fingerprint density at radius 1 is 1.08 bits per heavy atom. The topological polar surface area (TPSA) is 50.8 Å². The van der Waals surface area contributed by atoms with Crippen molar-refractivity contribution in [3.8, 4) is 11.5 Å². The highest BCUT2D eigenvalue weighted by atomic mass is 35.5. The van der Waals surface area contributed by atoms with Crippen LogP contribution in [0.3, 0.4) is 0 Å². The number of nitrogens with zero attached hydrogens (tertiary/aromatic N) is 1. The summed E-state index contributed by atoms with van der Waals surface area (Å²) in [6.45, 7) is 1.02. The molecule has 1 aromatic carbocycles. The highest BCUT2D eigenvalue weighted by molar-refractivity contribution is 6.34. The Labute approximate surface area is 147 Å². The predicted molar refractivity (Wildman–Crippen MR) is 92.9 cm³/mol. The normalized spacial score (nSPS) is 23.5. The highest BCUT2D eigenvalue weighted by Gasteiger charge is 2.35. The molecule has 2 fully saturated rings. The summed E-state index contributed by atoms with van der Waals surface area (Å²) in [5.74, 6) is 1.90. The minimum Gasteiger partial charge on any atom is -0.454 e. The maximum absolute atomic E-state index is 12.8. The summed E-state index contributed by atoms with van der Waals surface area (Å²) in [6.07, 6.45) is 8.63. The Morgan fingerprint density at radius 3 is 2.62 bits per heavy atom. The van der Waals surface area contributed by atoms with Gasteiger partial charge in [0.15, 0.2) is 11.5 Å². The average molecular weight is 351 g/mol. The zero-order chi connectivity index (χ0) is 16.5. The fourth-order valence-corrected chi connectivity index (χ4v) is 4.45. The monoisotopic (exact) mass is 350 g/mol. The van der Waals surface area contributed by atoms with Crippen molar-refractivity contribution in [2.75, 3.05) is 18.7 Å². The van der Waals surface area contributed by atoms with E-state index in [-0.39, 0.29) is 12.8 Å². The van der Waals surface area contributed by atoms with Crippen LogP contribution in [0.1, 0.15) is 44.9 Å². The van der Waals surface area contributed by atoms with Crippen LogP contribution in [0.25, 0.3) is 0 Å². The molecular formula is C18H23ClN2O3. The first kappa shape index (κ1) is 15.9. The quantitative estimate of drug-likeness (QED) is 0.844. The van der Waals surface area contributed by atoms with Gasteiger partial charge in [-0.3, -0.25) is 0 Å². The number of halogens is 1. The molecule has 1 aliphatic carbocycles. The third-order valence-electron chi connectivity index (χ3n) is 5.46. The zero-order valence-electron chi connectivity index (χ0n) is 13.7. The number of amides is 2. The number of urea groups is 1. The predicted octanol–water partition coefficient (Wildman–Crippen LogP) is 4.65. The van der Waals surface area contributed by atoms with Gasteiger partial charge in [-0.25, -0.2) is 4.79 Å². The molecule has 24 heavy (non-hydrogen) atoms. The second-order valence-electron chi connectivity index (χ2n) is 6.92. The third-order valence-corrected chi connectivity index (χ3v) is 5.77. The number of carbonyl (C=O) groups is 1. The van der Waals surface area contributed by atoms with E-state index < -0.39 is 0 Å². The van der Waals surface area contributed by atoms with Crippen LogP contribution in [-0.2, 0) is 0 Å².